The zero-order valence-electron chi connectivity index (χ0n) is 18.6. The van der Waals surface area contributed by atoms with Crippen LogP contribution < -0.4 is 10.1 Å². The number of hydrogen-bond acceptors (Lipinski definition) is 4. The van der Waals surface area contributed by atoms with Crippen LogP contribution in [0.15, 0.2) is 78.9 Å². The van der Waals surface area contributed by atoms with Gasteiger partial charge in [-0.2, -0.15) is 0 Å². The Morgan fingerprint density at radius 3 is 2.09 bits per heavy atom. The number of benzene rings is 3. The van der Waals surface area contributed by atoms with E-state index in [2.05, 4.69) is 5.32 Å². The highest BCUT2D eigenvalue weighted by atomic mass is 35.5. The Balaban J connectivity index is 1.26. The summed E-state index contributed by atoms with van der Waals surface area (Å²) in [5, 5.41) is 3.30. The minimum Gasteiger partial charge on any atom is -0.490 e. The summed E-state index contributed by atoms with van der Waals surface area (Å²) in [5.41, 5.74) is 1.47. The molecule has 1 fully saturated rings. The van der Waals surface area contributed by atoms with Crippen molar-refractivity contribution in [3.8, 4) is 5.75 Å². The topological polar surface area (TPSA) is 75.7 Å². The van der Waals surface area contributed by atoms with Crippen molar-refractivity contribution in [2.75, 3.05) is 19.6 Å². The molecule has 6 nitrogen and oxygen atoms in total. The number of carbonyl (C=O) groups is 3. The molecule has 1 heterocycles. The van der Waals surface area contributed by atoms with E-state index in [0.717, 1.165) is 18.6 Å². The van der Waals surface area contributed by atoms with Gasteiger partial charge in [0.25, 0.3) is 11.8 Å². The van der Waals surface area contributed by atoms with E-state index in [-0.39, 0.29) is 30.2 Å². The molecule has 4 rings (SSSR count). The van der Waals surface area contributed by atoms with Gasteiger partial charge in [0.1, 0.15) is 11.9 Å². The molecule has 0 radical (unpaired) electrons. The van der Waals surface area contributed by atoms with E-state index < -0.39 is 0 Å². The number of Topliss-reactive ketones (excluding diaryl/α,β-unsaturated/α-hetero) is 1. The van der Waals surface area contributed by atoms with Crippen LogP contribution >= 0.6 is 11.6 Å². The molecule has 1 saturated heterocycles. The molecule has 1 aliphatic heterocycles. The van der Waals surface area contributed by atoms with E-state index in [1.807, 2.05) is 18.2 Å². The van der Waals surface area contributed by atoms with Crippen LogP contribution in [0.3, 0.4) is 0 Å². The SMILES string of the molecule is O=C(CNC(=O)c1ccc(C(=O)N2CCC(Oc3ccc(Cl)cc3)CC2)cc1)c1ccccc1. The molecule has 34 heavy (non-hydrogen) atoms. The van der Waals surface area contributed by atoms with Crippen molar-refractivity contribution in [1.29, 1.82) is 0 Å². The molecule has 2 amide bonds. The van der Waals surface area contributed by atoms with Crippen LogP contribution in [0.2, 0.25) is 5.02 Å². The standard InChI is InChI=1S/C27H25ClN2O4/c28-22-10-12-23(13-11-22)34-24-14-16-30(17-15-24)27(33)21-8-6-20(7-9-21)26(32)29-18-25(31)19-4-2-1-3-5-19/h1-13,24H,14-18H2,(H,29,32). The molecule has 7 heteroatoms. The van der Waals surface area contributed by atoms with E-state index >= 15 is 0 Å². The molecule has 3 aromatic rings. The summed E-state index contributed by atoms with van der Waals surface area (Å²) in [6, 6.07) is 22.6. The van der Waals surface area contributed by atoms with Gasteiger partial charge in [-0.25, -0.2) is 0 Å². The molecule has 0 aromatic heterocycles. The highest BCUT2D eigenvalue weighted by Gasteiger charge is 2.25. The molecule has 0 bridgehead atoms. The monoisotopic (exact) mass is 476 g/mol. The Morgan fingerprint density at radius 1 is 0.824 bits per heavy atom. The van der Waals surface area contributed by atoms with Crippen LogP contribution in [0.1, 0.15) is 43.9 Å². The van der Waals surface area contributed by atoms with E-state index in [0.29, 0.717) is 34.8 Å². The third kappa shape index (κ3) is 6.02. The summed E-state index contributed by atoms with van der Waals surface area (Å²) < 4.78 is 5.99. The van der Waals surface area contributed by atoms with Crippen LogP contribution in [-0.4, -0.2) is 48.2 Å². The molecule has 0 spiro atoms. The van der Waals surface area contributed by atoms with Gasteiger partial charge in [0.2, 0.25) is 0 Å². The van der Waals surface area contributed by atoms with Crippen LogP contribution in [0, 0.1) is 0 Å². The van der Waals surface area contributed by atoms with E-state index in [1.54, 1.807) is 65.6 Å². The Kier molecular flexibility index (Phi) is 7.60. The lowest BCUT2D eigenvalue weighted by Crippen LogP contribution is -2.41. The summed E-state index contributed by atoms with van der Waals surface area (Å²) in [6.45, 7) is 1.11. The summed E-state index contributed by atoms with van der Waals surface area (Å²) in [5.74, 6) is 0.178. The highest BCUT2D eigenvalue weighted by Crippen LogP contribution is 2.22. The first-order valence-corrected chi connectivity index (χ1v) is 11.6. The maximum Gasteiger partial charge on any atom is 0.253 e. The van der Waals surface area contributed by atoms with E-state index in [1.165, 1.54) is 0 Å². The minimum atomic E-state index is -0.358. The maximum absolute atomic E-state index is 12.9. The Hall–Kier alpha value is -3.64. The van der Waals surface area contributed by atoms with Gasteiger partial charge in [-0.05, 0) is 48.5 Å². The largest absolute Gasteiger partial charge is 0.490 e. The summed E-state index contributed by atoms with van der Waals surface area (Å²) in [6.07, 6.45) is 1.53. The summed E-state index contributed by atoms with van der Waals surface area (Å²) in [7, 11) is 0. The number of piperidine rings is 1. The average Bonchev–Trinajstić information content (AvgIpc) is 2.89. The van der Waals surface area contributed by atoms with Gasteiger partial charge >= 0.3 is 0 Å². The van der Waals surface area contributed by atoms with Gasteiger partial charge in [-0.15, -0.1) is 0 Å². The lowest BCUT2D eigenvalue weighted by Gasteiger charge is -2.32. The van der Waals surface area contributed by atoms with Crippen LogP contribution in [0.4, 0.5) is 0 Å². The molecule has 0 atom stereocenters. The number of amides is 2. The number of rotatable bonds is 7. The van der Waals surface area contributed by atoms with Gasteiger partial charge in [0, 0.05) is 47.6 Å². The maximum atomic E-state index is 12.9. The fraction of sp³-hybridized carbons (Fsp3) is 0.222. The van der Waals surface area contributed by atoms with E-state index in [9.17, 15) is 14.4 Å². The second-order valence-corrected chi connectivity index (χ2v) is 8.55. The van der Waals surface area contributed by atoms with Gasteiger partial charge in [-0.3, -0.25) is 14.4 Å². The number of nitrogens with one attached hydrogen (secondary N) is 1. The zero-order valence-corrected chi connectivity index (χ0v) is 19.3. The third-order valence-electron chi connectivity index (χ3n) is 5.74. The first-order chi connectivity index (χ1) is 16.5. The average molecular weight is 477 g/mol. The molecule has 0 saturated carbocycles. The Morgan fingerprint density at radius 2 is 1.44 bits per heavy atom. The highest BCUT2D eigenvalue weighted by molar-refractivity contribution is 6.30. The number of likely N-dealkylation sites (tertiary alicyclic amines) is 1. The molecule has 174 valence electrons. The Bertz CT molecular complexity index is 1140. The number of ether oxygens (including phenoxy) is 1. The second-order valence-electron chi connectivity index (χ2n) is 8.11. The van der Waals surface area contributed by atoms with Gasteiger partial charge in [-0.1, -0.05) is 41.9 Å². The van der Waals surface area contributed by atoms with Gasteiger partial charge < -0.3 is 15.0 Å². The van der Waals surface area contributed by atoms with Crippen molar-refractivity contribution >= 4 is 29.2 Å². The minimum absolute atomic E-state index is 0.0508. The quantitative estimate of drug-likeness (QED) is 0.504. The lowest BCUT2D eigenvalue weighted by molar-refractivity contribution is 0.0595. The number of hydrogen-bond donors (Lipinski definition) is 1. The summed E-state index contributed by atoms with van der Waals surface area (Å²) >= 11 is 5.91. The van der Waals surface area contributed by atoms with Crippen molar-refractivity contribution in [2.24, 2.45) is 0 Å². The molecule has 3 aromatic carbocycles. The van der Waals surface area contributed by atoms with Crippen molar-refractivity contribution in [1.82, 2.24) is 10.2 Å². The van der Waals surface area contributed by atoms with Crippen LogP contribution in [0.5, 0.6) is 5.75 Å². The fourth-order valence-corrected chi connectivity index (χ4v) is 3.94. The van der Waals surface area contributed by atoms with Crippen molar-refractivity contribution < 1.29 is 19.1 Å². The predicted octanol–water partition coefficient (Wildman–Crippen LogP) is 4.64. The zero-order chi connectivity index (χ0) is 23.9. The normalized spacial score (nSPS) is 13.9. The van der Waals surface area contributed by atoms with Crippen molar-refractivity contribution in [3.63, 3.8) is 0 Å². The lowest BCUT2D eigenvalue weighted by atomic mass is 10.0. The first-order valence-electron chi connectivity index (χ1n) is 11.2. The third-order valence-corrected chi connectivity index (χ3v) is 6.00. The smallest absolute Gasteiger partial charge is 0.253 e. The first kappa shape index (κ1) is 23.5. The van der Waals surface area contributed by atoms with Gasteiger partial charge in [0.05, 0.1) is 6.54 Å². The number of ketones is 1. The Labute approximate surface area is 203 Å². The molecular formula is C27H25ClN2O4. The van der Waals surface area contributed by atoms with Crippen LogP contribution in [0.25, 0.3) is 0 Å². The van der Waals surface area contributed by atoms with Crippen LogP contribution in [-0.2, 0) is 0 Å². The molecule has 1 aliphatic rings. The molecule has 0 aliphatic carbocycles. The predicted molar refractivity (Wildman–Crippen MR) is 131 cm³/mol. The van der Waals surface area contributed by atoms with Crippen molar-refractivity contribution in [2.45, 2.75) is 18.9 Å². The number of carbonyl (C=O) groups excluding carboxylic acids is 3. The van der Waals surface area contributed by atoms with Crippen molar-refractivity contribution in [3.05, 3.63) is 101 Å². The molecule has 0 unspecified atom stereocenters. The van der Waals surface area contributed by atoms with Gasteiger partial charge in [0.15, 0.2) is 5.78 Å². The second kappa shape index (κ2) is 11.0. The van der Waals surface area contributed by atoms with E-state index in [4.69, 9.17) is 16.3 Å². The molecular weight excluding hydrogens is 452 g/mol. The number of halogens is 1. The number of nitrogens with zero attached hydrogens (tertiary/aromatic N) is 1. The summed E-state index contributed by atoms with van der Waals surface area (Å²) in [4.78, 5) is 39.2. The molecule has 1 N–H and O–H groups in total. The fourth-order valence-electron chi connectivity index (χ4n) is 3.82.